The van der Waals surface area contributed by atoms with Crippen LogP contribution in [0.3, 0.4) is 0 Å². The summed E-state index contributed by atoms with van der Waals surface area (Å²) in [4.78, 5) is 37.9. The molecule has 2 aromatic rings. The van der Waals surface area contributed by atoms with Gasteiger partial charge in [0.25, 0.3) is 11.8 Å². The zero-order valence-corrected chi connectivity index (χ0v) is 24.6. The molecular weight excluding hydrogens is 688 g/mol. The first-order valence-corrected chi connectivity index (χ1v) is 14.5. The molecule has 1 atom stereocenters. The second-order valence-corrected chi connectivity index (χ2v) is 11.0. The van der Waals surface area contributed by atoms with Gasteiger partial charge in [-0.15, -0.1) is 0 Å². The summed E-state index contributed by atoms with van der Waals surface area (Å²) in [5, 5.41) is 5.78. The first-order valence-electron chi connectivity index (χ1n) is 12.2. The number of fused-ring (bicyclic) bond motifs is 3. The van der Waals surface area contributed by atoms with Crippen LogP contribution >= 0.6 is 45.8 Å². The molecule has 3 fully saturated rings. The van der Waals surface area contributed by atoms with Crippen molar-refractivity contribution in [2.45, 2.75) is 49.3 Å². The van der Waals surface area contributed by atoms with Crippen LogP contribution in [-0.4, -0.2) is 53.0 Å². The van der Waals surface area contributed by atoms with Gasteiger partial charge in [0, 0.05) is 24.1 Å². The lowest BCUT2D eigenvalue weighted by Crippen LogP contribution is -2.71. The Kier molecular flexibility index (Phi) is 9.83. The molecule has 9 nitrogen and oxygen atoms in total. The number of ether oxygens (including phenoxy) is 4. The van der Waals surface area contributed by atoms with E-state index in [-0.39, 0.29) is 39.2 Å². The molecule has 2 aromatic carbocycles. The Morgan fingerprint density at radius 2 is 1.40 bits per heavy atom. The first kappa shape index (κ1) is 30.4. The van der Waals surface area contributed by atoms with E-state index in [1.165, 1.54) is 24.3 Å². The van der Waals surface area contributed by atoms with Gasteiger partial charge in [0.05, 0.1) is 15.6 Å². The molecule has 0 heterocycles. The number of carbonyl (C=O) groups excluding carboxylic acids is 3. The van der Waals surface area contributed by atoms with E-state index in [0.29, 0.717) is 25.7 Å². The third-order valence-corrected chi connectivity index (χ3v) is 7.94. The maximum absolute atomic E-state index is 13.7. The Morgan fingerprint density at radius 1 is 0.875 bits per heavy atom. The van der Waals surface area contributed by atoms with Crippen LogP contribution in [0, 0.1) is 11.6 Å². The van der Waals surface area contributed by atoms with Crippen molar-refractivity contribution in [2.24, 2.45) is 0 Å². The van der Waals surface area contributed by atoms with Crippen molar-refractivity contribution in [3.8, 4) is 11.5 Å². The van der Waals surface area contributed by atoms with Crippen molar-refractivity contribution in [2.75, 3.05) is 17.8 Å². The molecular formula is C26H25Cl2F2IN2O7. The van der Waals surface area contributed by atoms with Gasteiger partial charge in [-0.3, -0.25) is 9.59 Å². The topological polar surface area (TPSA) is 112 Å². The molecule has 3 aliphatic carbocycles. The van der Waals surface area contributed by atoms with Crippen LogP contribution in [-0.2, 0) is 19.1 Å². The predicted octanol–water partition coefficient (Wildman–Crippen LogP) is 5.33. The molecule has 3 saturated carbocycles. The number of carbonyl (C=O) groups is 3. The van der Waals surface area contributed by atoms with Gasteiger partial charge in [-0.25, -0.2) is 13.6 Å². The summed E-state index contributed by atoms with van der Waals surface area (Å²) < 4.78 is 48.8. The Bertz CT molecular complexity index is 1280. The summed E-state index contributed by atoms with van der Waals surface area (Å²) in [6, 6.07) is 7.70. The molecule has 0 aliphatic heterocycles. The monoisotopic (exact) mass is 712 g/mol. The van der Waals surface area contributed by atoms with E-state index in [1.54, 1.807) is 0 Å². The maximum atomic E-state index is 13.7. The van der Waals surface area contributed by atoms with Crippen LogP contribution in [0.15, 0.2) is 36.4 Å². The summed E-state index contributed by atoms with van der Waals surface area (Å²) in [7, 11) is 0. The Labute approximate surface area is 252 Å². The summed E-state index contributed by atoms with van der Waals surface area (Å²) >= 11 is 13.2. The lowest BCUT2D eigenvalue weighted by Gasteiger charge is -2.56. The lowest BCUT2D eigenvalue weighted by atomic mass is 9.59. The third kappa shape index (κ3) is 7.38. The molecule has 0 unspecified atom stereocenters. The summed E-state index contributed by atoms with van der Waals surface area (Å²) in [5.41, 5.74) is -1.63. The quantitative estimate of drug-likeness (QED) is 0.195. The van der Waals surface area contributed by atoms with Gasteiger partial charge < -0.3 is 29.6 Å². The molecule has 40 heavy (non-hydrogen) atoms. The number of benzene rings is 2. The van der Waals surface area contributed by atoms with Crippen molar-refractivity contribution in [3.63, 3.8) is 0 Å². The summed E-state index contributed by atoms with van der Waals surface area (Å²) in [6.45, 7) is -0.770. The van der Waals surface area contributed by atoms with Gasteiger partial charge in [0.1, 0.15) is 33.9 Å². The SMILES string of the molecule is O=C(COc1ccc(Cl)c(F)c1)NC12CCC(NC(=O)COc3ccc(Cl)c(F)c3)(CC1)[C@H](OC(=O)OCI)C2. The van der Waals surface area contributed by atoms with Gasteiger partial charge in [-0.1, -0.05) is 23.2 Å². The number of rotatable bonds is 10. The second kappa shape index (κ2) is 12.9. The normalized spacial score (nSPS) is 23.2. The number of halogens is 5. The van der Waals surface area contributed by atoms with Crippen LogP contribution in [0.1, 0.15) is 32.1 Å². The second-order valence-electron chi connectivity index (χ2n) is 9.58. The molecule has 3 aliphatic rings. The zero-order chi connectivity index (χ0) is 28.9. The highest BCUT2D eigenvalue weighted by Crippen LogP contribution is 2.48. The van der Waals surface area contributed by atoms with Gasteiger partial charge in [0.15, 0.2) is 13.2 Å². The van der Waals surface area contributed by atoms with E-state index in [2.05, 4.69) is 10.6 Å². The Balaban J connectivity index is 1.39. The summed E-state index contributed by atoms with van der Waals surface area (Å²) in [6.07, 6.45) is 0.253. The van der Waals surface area contributed by atoms with Gasteiger partial charge in [-0.05, 0) is 72.5 Å². The average molecular weight is 713 g/mol. The van der Waals surface area contributed by atoms with Crippen LogP contribution in [0.2, 0.25) is 10.0 Å². The van der Waals surface area contributed by atoms with Crippen molar-refractivity contribution < 1.29 is 42.1 Å². The largest absolute Gasteiger partial charge is 0.509 e. The number of amides is 2. The Hall–Kier alpha value is -2.58. The fourth-order valence-electron chi connectivity index (χ4n) is 5.06. The molecule has 2 amide bonds. The van der Waals surface area contributed by atoms with Gasteiger partial charge >= 0.3 is 6.16 Å². The molecule has 216 valence electrons. The van der Waals surface area contributed by atoms with Gasteiger partial charge in [-0.2, -0.15) is 0 Å². The maximum Gasteiger partial charge on any atom is 0.509 e. The van der Waals surface area contributed by atoms with Crippen LogP contribution in [0.4, 0.5) is 13.6 Å². The number of nitrogens with one attached hydrogen (secondary N) is 2. The van der Waals surface area contributed by atoms with E-state index in [9.17, 15) is 23.2 Å². The minimum atomic E-state index is -0.917. The minimum absolute atomic E-state index is 0.0618. The van der Waals surface area contributed by atoms with Crippen molar-refractivity contribution in [3.05, 3.63) is 58.1 Å². The van der Waals surface area contributed by atoms with Crippen LogP contribution < -0.4 is 20.1 Å². The van der Waals surface area contributed by atoms with Crippen LogP contribution in [0.5, 0.6) is 11.5 Å². The first-order chi connectivity index (χ1) is 19.0. The molecule has 2 bridgehead atoms. The van der Waals surface area contributed by atoms with E-state index < -0.39 is 53.4 Å². The molecule has 5 rings (SSSR count). The molecule has 0 radical (unpaired) electrons. The van der Waals surface area contributed by atoms with E-state index in [4.69, 9.17) is 42.1 Å². The van der Waals surface area contributed by atoms with E-state index in [0.717, 1.165) is 12.1 Å². The molecule has 0 aromatic heterocycles. The van der Waals surface area contributed by atoms with Gasteiger partial charge in [0.2, 0.25) is 0 Å². The number of alkyl halides is 1. The van der Waals surface area contributed by atoms with Crippen molar-refractivity contribution in [1.82, 2.24) is 10.6 Å². The predicted molar refractivity (Wildman–Crippen MR) is 149 cm³/mol. The minimum Gasteiger partial charge on any atom is -0.484 e. The molecule has 14 heteroatoms. The summed E-state index contributed by atoms with van der Waals surface area (Å²) in [5.74, 6) is -2.00. The number of hydrogen-bond donors (Lipinski definition) is 2. The highest BCUT2D eigenvalue weighted by molar-refractivity contribution is 14.1. The average Bonchev–Trinajstić information content (AvgIpc) is 2.91. The van der Waals surface area contributed by atoms with Crippen molar-refractivity contribution >= 4 is 63.8 Å². The standard InChI is InChI=1S/C26H25Cl2F2IN2O7/c27-17-3-1-15(9-19(17)29)37-12-22(34)32-25-5-7-26(8-6-25,21(11-25)40-24(36)39-14-31)33-23(35)13-38-16-2-4-18(28)20(30)10-16/h1-4,9-10,21H,5-8,11-14H2,(H,32,34)(H,33,35)/t21-,25?,26?/m1/s1. The number of hydrogen-bond acceptors (Lipinski definition) is 7. The Morgan fingerprint density at radius 3 is 1.90 bits per heavy atom. The highest BCUT2D eigenvalue weighted by Gasteiger charge is 2.57. The van der Waals surface area contributed by atoms with Crippen LogP contribution in [0.25, 0.3) is 0 Å². The van der Waals surface area contributed by atoms with E-state index >= 15 is 0 Å². The molecule has 0 saturated heterocycles. The lowest BCUT2D eigenvalue weighted by molar-refractivity contribution is -0.138. The third-order valence-electron chi connectivity index (χ3n) is 7.02. The fourth-order valence-corrected chi connectivity index (χ4v) is 5.55. The van der Waals surface area contributed by atoms with Crippen molar-refractivity contribution in [1.29, 1.82) is 0 Å². The molecule has 0 spiro atoms. The zero-order valence-electron chi connectivity index (χ0n) is 20.9. The van der Waals surface area contributed by atoms with E-state index in [1.807, 2.05) is 22.6 Å². The fraction of sp³-hybridized carbons (Fsp3) is 0.423. The smallest absolute Gasteiger partial charge is 0.484 e. The highest BCUT2D eigenvalue weighted by atomic mass is 127. The molecule has 2 N–H and O–H groups in total.